The van der Waals surface area contributed by atoms with Crippen molar-refractivity contribution in [2.45, 2.75) is 12.6 Å². The first-order chi connectivity index (χ1) is 18.5. The Kier molecular flexibility index (Phi) is 9.29. The van der Waals surface area contributed by atoms with Gasteiger partial charge in [0.1, 0.15) is 17.5 Å². The van der Waals surface area contributed by atoms with Crippen LogP contribution in [-0.2, 0) is 16.1 Å². The number of hydrogen-bond donors (Lipinski definition) is 2. The van der Waals surface area contributed by atoms with Crippen LogP contribution >= 0.6 is 11.6 Å². The van der Waals surface area contributed by atoms with E-state index in [1.165, 1.54) is 0 Å². The van der Waals surface area contributed by atoms with Crippen LogP contribution in [0.1, 0.15) is 21.5 Å². The van der Waals surface area contributed by atoms with Gasteiger partial charge in [0, 0.05) is 16.3 Å². The van der Waals surface area contributed by atoms with E-state index in [-0.39, 0.29) is 6.61 Å². The van der Waals surface area contributed by atoms with E-state index >= 15 is 0 Å². The number of halogens is 1. The molecule has 38 heavy (non-hydrogen) atoms. The van der Waals surface area contributed by atoms with Gasteiger partial charge in [-0.15, -0.1) is 0 Å². The van der Waals surface area contributed by atoms with Crippen LogP contribution in [0.4, 0.5) is 5.69 Å². The van der Waals surface area contributed by atoms with Crippen LogP contribution in [-0.4, -0.2) is 24.5 Å². The van der Waals surface area contributed by atoms with E-state index in [1.54, 1.807) is 48.5 Å². The van der Waals surface area contributed by atoms with Gasteiger partial charge in [0.05, 0.1) is 13.2 Å². The van der Waals surface area contributed by atoms with Crippen molar-refractivity contribution < 1.29 is 19.1 Å². The van der Waals surface area contributed by atoms with Crippen LogP contribution in [0.25, 0.3) is 6.08 Å². The molecule has 0 aliphatic rings. The van der Waals surface area contributed by atoms with E-state index in [0.29, 0.717) is 39.9 Å². The molecule has 1 atom stereocenters. The summed E-state index contributed by atoms with van der Waals surface area (Å²) in [7, 11) is 0. The summed E-state index contributed by atoms with van der Waals surface area (Å²) in [5.74, 6) is 0.484. The number of carbonyl (C=O) groups is 2. The fourth-order valence-corrected chi connectivity index (χ4v) is 3.84. The fourth-order valence-electron chi connectivity index (χ4n) is 3.66. The number of rotatable bonds is 11. The highest BCUT2D eigenvalue weighted by atomic mass is 35.5. The summed E-state index contributed by atoms with van der Waals surface area (Å²) in [5, 5.41) is 6.12. The normalized spacial score (nSPS) is 11.3. The molecule has 0 saturated carbocycles. The van der Waals surface area contributed by atoms with Gasteiger partial charge in [-0.25, -0.2) is 0 Å². The minimum atomic E-state index is -0.959. The zero-order valence-corrected chi connectivity index (χ0v) is 21.4. The number of amides is 2. The largest absolute Gasteiger partial charge is 0.457 e. The fraction of sp³-hybridized carbons (Fsp3) is 0.0968. The lowest BCUT2D eigenvalue weighted by molar-refractivity contribution is -0.119. The maximum Gasteiger partial charge on any atom is 0.252 e. The maximum absolute atomic E-state index is 13.2. The Bertz CT molecular complexity index is 1380. The molecular weight excluding hydrogens is 500 g/mol. The summed E-state index contributed by atoms with van der Waals surface area (Å²) in [6.07, 6.45) is 1.54. The van der Waals surface area contributed by atoms with Crippen molar-refractivity contribution in [3.05, 3.63) is 131 Å². The van der Waals surface area contributed by atoms with Gasteiger partial charge in [0.2, 0.25) is 5.91 Å². The minimum absolute atomic E-state index is 0.0291. The minimum Gasteiger partial charge on any atom is -0.457 e. The quantitative estimate of drug-likeness (QED) is 0.227. The summed E-state index contributed by atoms with van der Waals surface area (Å²) in [5.41, 5.74) is 2.43. The highest BCUT2D eigenvalue weighted by Gasteiger charge is 2.23. The van der Waals surface area contributed by atoms with Crippen LogP contribution < -0.4 is 15.4 Å². The SMILES string of the molecule is C=Cc1cc(Cl)ccc1C(=O)NC(COCc1ccccc1)C(=O)Nc1ccc(Oc2ccccc2)cc1. The van der Waals surface area contributed by atoms with Gasteiger partial charge in [-0.1, -0.05) is 72.8 Å². The van der Waals surface area contributed by atoms with Crippen LogP contribution in [0, 0.1) is 0 Å². The number of benzene rings is 4. The van der Waals surface area contributed by atoms with Crippen LogP contribution in [0.5, 0.6) is 11.5 Å². The standard InChI is InChI=1S/C31H27ClN2O4/c1-2-23-19-24(32)13-18-28(23)30(35)34-29(21-37-20-22-9-5-3-6-10-22)31(36)33-25-14-16-27(17-15-25)38-26-11-7-4-8-12-26/h2-19,29H,1,20-21H2,(H,33,36)(H,34,35). The van der Waals surface area contributed by atoms with Crippen molar-refractivity contribution in [1.29, 1.82) is 0 Å². The molecule has 2 N–H and O–H groups in total. The molecule has 192 valence electrons. The zero-order valence-electron chi connectivity index (χ0n) is 20.6. The van der Waals surface area contributed by atoms with E-state index in [9.17, 15) is 9.59 Å². The lowest BCUT2D eigenvalue weighted by Crippen LogP contribution is -2.47. The van der Waals surface area contributed by atoms with Crippen molar-refractivity contribution in [3.8, 4) is 11.5 Å². The molecular formula is C31H27ClN2O4. The topological polar surface area (TPSA) is 76.7 Å². The van der Waals surface area contributed by atoms with Crippen LogP contribution in [0.2, 0.25) is 5.02 Å². The zero-order chi connectivity index (χ0) is 26.7. The van der Waals surface area contributed by atoms with Gasteiger partial charge in [-0.2, -0.15) is 0 Å². The number of para-hydroxylation sites is 1. The van der Waals surface area contributed by atoms with E-state index < -0.39 is 17.9 Å². The van der Waals surface area contributed by atoms with Gasteiger partial charge in [0.25, 0.3) is 5.91 Å². The lowest BCUT2D eigenvalue weighted by atomic mass is 10.1. The molecule has 2 amide bonds. The van der Waals surface area contributed by atoms with Gasteiger partial charge in [0.15, 0.2) is 0 Å². The smallest absolute Gasteiger partial charge is 0.252 e. The summed E-state index contributed by atoms with van der Waals surface area (Å²) >= 11 is 6.06. The molecule has 0 saturated heterocycles. The molecule has 0 aliphatic carbocycles. The third kappa shape index (κ3) is 7.56. The number of nitrogens with one attached hydrogen (secondary N) is 2. The second-order valence-electron chi connectivity index (χ2n) is 8.39. The second-order valence-corrected chi connectivity index (χ2v) is 8.83. The van der Waals surface area contributed by atoms with E-state index in [0.717, 1.165) is 5.56 Å². The van der Waals surface area contributed by atoms with Crippen molar-refractivity contribution >= 4 is 35.2 Å². The van der Waals surface area contributed by atoms with E-state index in [1.807, 2.05) is 60.7 Å². The molecule has 0 radical (unpaired) electrons. The molecule has 4 aromatic carbocycles. The lowest BCUT2D eigenvalue weighted by Gasteiger charge is -2.19. The first-order valence-corrected chi connectivity index (χ1v) is 12.4. The summed E-state index contributed by atoms with van der Waals surface area (Å²) in [6.45, 7) is 4.02. The molecule has 1 unspecified atom stereocenters. The molecule has 0 heterocycles. The summed E-state index contributed by atoms with van der Waals surface area (Å²) in [6, 6.07) is 29.9. The Hall–Kier alpha value is -4.39. The monoisotopic (exact) mass is 526 g/mol. The van der Waals surface area contributed by atoms with Crippen molar-refractivity contribution in [1.82, 2.24) is 5.32 Å². The van der Waals surface area contributed by atoms with Crippen molar-refractivity contribution in [2.75, 3.05) is 11.9 Å². The van der Waals surface area contributed by atoms with Crippen LogP contribution in [0.3, 0.4) is 0 Å². The van der Waals surface area contributed by atoms with Crippen molar-refractivity contribution in [2.24, 2.45) is 0 Å². The average Bonchev–Trinajstić information content (AvgIpc) is 2.94. The molecule has 4 rings (SSSR count). The second kappa shape index (κ2) is 13.2. The first kappa shape index (κ1) is 26.7. The first-order valence-electron chi connectivity index (χ1n) is 12.0. The van der Waals surface area contributed by atoms with Gasteiger partial charge < -0.3 is 20.1 Å². The Labute approximate surface area is 226 Å². The molecule has 0 spiro atoms. The summed E-state index contributed by atoms with van der Waals surface area (Å²) < 4.78 is 11.6. The predicted molar refractivity (Wildman–Crippen MR) is 150 cm³/mol. The van der Waals surface area contributed by atoms with Gasteiger partial charge in [-0.05, 0) is 65.7 Å². The molecule has 7 heteroatoms. The van der Waals surface area contributed by atoms with Gasteiger partial charge >= 0.3 is 0 Å². The highest BCUT2D eigenvalue weighted by molar-refractivity contribution is 6.30. The number of carbonyl (C=O) groups excluding carboxylic acids is 2. The van der Waals surface area contributed by atoms with E-state index in [4.69, 9.17) is 21.1 Å². The van der Waals surface area contributed by atoms with Gasteiger partial charge in [-0.3, -0.25) is 9.59 Å². The molecule has 0 fully saturated rings. The van der Waals surface area contributed by atoms with E-state index in [2.05, 4.69) is 17.2 Å². The van der Waals surface area contributed by atoms with Crippen LogP contribution in [0.15, 0.2) is 110 Å². The number of ether oxygens (including phenoxy) is 2. The molecule has 0 aromatic heterocycles. The third-order valence-electron chi connectivity index (χ3n) is 5.60. The van der Waals surface area contributed by atoms with Crippen molar-refractivity contribution in [3.63, 3.8) is 0 Å². The Morgan fingerprint density at radius 3 is 2.21 bits per heavy atom. The molecule has 4 aromatic rings. The Morgan fingerprint density at radius 1 is 0.868 bits per heavy atom. The molecule has 0 bridgehead atoms. The summed E-state index contributed by atoms with van der Waals surface area (Å²) in [4.78, 5) is 26.3. The molecule has 0 aliphatic heterocycles. The molecule has 6 nitrogen and oxygen atoms in total. The number of anilines is 1. The predicted octanol–water partition coefficient (Wildman–Crippen LogP) is 6.73. The average molecular weight is 527 g/mol. The number of hydrogen-bond acceptors (Lipinski definition) is 4. The maximum atomic E-state index is 13.2. The highest BCUT2D eigenvalue weighted by Crippen LogP contribution is 2.23. The Balaban J connectivity index is 1.45. The third-order valence-corrected chi connectivity index (χ3v) is 5.83. The Morgan fingerprint density at radius 2 is 1.53 bits per heavy atom.